The smallest absolute Gasteiger partial charge is 0.313 e. The molecule has 0 saturated carbocycles. The van der Waals surface area contributed by atoms with Gasteiger partial charge in [0.25, 0.3) is 0 Å². The fraction of sp³-hybridized carbons (Fsp3) is 0.400. The summed E-state index contributed by atoms with van der Waals surface area (Å²) in [6.07, 6.45) is 5.20. The largest absolute Gasteiger partial charge is 0.481 e. The Morgan fingerprint density at radius 3 is 2.00 bits per heavy atom. The van der Waals surface area contributed by atoms with Gasteiger partial charge in [0.2, 0.25) is 5.91 Å². The minimum absolute atomic E-state index is 0.0220. The van der Waals surface area contributed by atoms with Crippen molar-refractivity contribution in [3.63, 3.8) is 0 Å². The number of esters is 2. The molecule has 30 heavy (non-hydrogen) atoms. The lowest BCUT2D eigenvalue weighted by molar-refractivity contribution is -0.163. The molecule has 0 aromatic carbocycles. The number of hydrogen-bond acceptors (Lipinski definition) is 8. The standard InChI is InChI=1S/C10H13NO4.C5H7NO.C5H6O3/c12-9(4-1-5-10(13)14)11-7-8-3-2-6-15-8;6-4-5-2-1-3-7-5;6-4-2-1-3-5(7)8-4/h2-3,6H,1,4-5,7H2,(H,11,12)(H,13,14);1-3H,4,6H2;1-3H2. The Labute approximate surface area is 173 Å². The van der Waals surface area contributed by atoms with Crippen molar-refractivity contribution >= 4 is 23.8 Å². The topological polar surface area (TPSA) is 162 Å². The van der Waals surface area contributed by atoms with Crippen molar-refractivity contribution < 1.29 is 37.9 Å². The molecule has 1 saturated heterocycles. The number of carboxylic acid groups (broad SMARTS) is 1. The molecule has 10 nitrogen and oxygen atoms in total. The molecule has 0 aliphatic carbocycles. The van der Waals surface area contributed by atoms with E-state index >= 15 is 0 Å². The van der Waals surface area contributed by atoms with Crippen LogP contribution in [0.3, 0.4) is 0 Å². The lowest BCUT2D eigenvalue weighted by Gasteiger charge is -2.06. The molecule has 3 heterocycles. The molecule has 1 amide bonds. The van der Waals surface area contributed by atoms with Crippen molar-refractivity contribution in [2.24, 2.45) is 5.73 Å². The molecule has 1 aliphatic rings. The van der Waals surface area contributed by atoms with Gasteiger partial charge in [-0.2, -0.15) is 0 Å². The second-order valence-electron chi connectivity index (χ2n) is 6.09. The van der Waals surface area contributed by atoms with Crippen LogP contribution in [0.2, 0.25) is 0 Å². The Morgan fingerprint density at radius 2 is 1.60 bits per heavy atom. The SMILES string of the molecule is NCc1ccco1.O=C(O)CCCC(=O)NCc1ccco1.O=C1CCCC(=O)O1. The quantitative estimate of drug-likeness (QED) is 0.448. The van der Waals surface area contributed by atoms with Crippen LogP contribution in [-0.4, -0.2) is 28.9 Å². The highest BCUT2D eigenvalue weighted by Gasteiger charge is 2.15. The van der Waals surface area contributed by atoms with Gasteiger partial charge in [0.15, 0.2) is 0 Å². The van der Waals surface area contributed by atoms with E-state index < -0.39 is 5.97 Å². The number of amides is 1. The van der Waals surface area contributed by atoms with Crippen molar-refractivity contribution in [3.05, 3.63) is 48.3 Å². The number of hydrogen-bond donors (Lipinski definition) is 3. The maximum Gasteiger partial charge on any atom is 0.313 e. The fourth-order valence-corrected chi connectivity index (χ4v) is 2.12. The third-order valence-corrected chi connectivity index (χ3v) is 3.61. The first-order valence-electron chi connectivity index (χ1n) is 9.37. The molecule has 4 N–H and O–H groups in total. The highest BCUT2D eigenvalue weighted by Crippen LogP contribution is 2.06. The molecule has 0 atom stereocenters. The van der Waals surface area contributed by atoms with E-state index in [9.17, 15) is 19.2 Å². The van der Waals surface area contributed by atoms with E-state index in [1.807, 2.05) is 12.1 Å². The molecule has 0 bridgehead atoms. The Morgan fingerprint density at radius 1 is 1.00 bits per heavy atom. The molecule has 1 aliphatic heterocycles. The number of aliphatic carboxylic acids is 1. The lowest BCUT2D eigenvalue weighted by atomic mass is 10.2. The molecular weight excluding hydrogens is 396 g/mol. The molecule has 2 aromatic rings. The van der Waals surface area contributed by atoms with Gasteiger partial charge < -0.3 is 29.7 Å². The fourth-order valence-electron chi connectivity index (χ4n) is 2.12. The summed E-state index contributed by atoms with van der Waals surface area (Å²) in [7, 11) is 0. The highest BCUT2D eigenvalue weighted by atomic mass is 16.6. The van der Waals surface area contributed by atoms with Crippen LogP contribution >= 0.6 is 0 Å². The van der Waals surface area contributed by atoms with E-state index in [-0.39, 0.29) is 30.7 Å². The predicted molar refractivity (Wildman–Crippen MR) is 104 cm³/mol. The summed E-state index contributed by atoms with van der Waals surface area (Å²) in [5.74, 6) is -0.300. The van der Waals surface area contributed by atoms with Crippen LogP contribution in [0.1, 0.15) is 50.0 Å². The van der Waals surface area contributed by atoms with E-state index in [0.29, 0.717) is 44.5 Å². The van der Waals surface area contributed by atoms with Gasteiger partial charge in [-0.05, 0) is 37.1 Å². The van der Waals surface area contributed by atoms with E-state index in [0.717, 1.165) is 5.76 Å². The molecule has 2 aromatic heterocycles. The van der Waals surface area contributed by atoms with Crippen LogP contribution in [0.4, 0.5) is 0 Å². The third kappa shape index (κ3) is 12.1. The van der Waals surface area contributed by atoms with E-state index in [1.54, 1.807) is 18.4 Å². The number of carbonyl (C=O) groups excluding carboxylic acids is 3. The molecule has 1 fully saturated rings. The van der Waals surface area contributed by atoms with Crippen molar-refractivity contribution in [2.45, 2.75) is 51.6 Å². The average molecular weight is 422 g/mol. The summed E-state index contributed by atoms with van der Waals surface area (Å²) < 4.78 is 14.1. The highest BCUT2D eigenvalue weighted by molar-refractivity contribution is 5.87. The minimum atomic E-state index is -0.881. The van der Waals surface area contributed by atoms with Crippen LogP contribution in [0.25, 0.3) is 0 Å². The van der Waals surface area contributed by atoms with Crippen molar-refractivity contribution in [2.75, 3.05) is 0 Å². The number of furan rings is 2. The number of rotatable bonds is 7. The van der Waals surface area contributed by atoms with Crippen LogP contribution in [-0.2, 0) is 37.0 Å². The average Bonchev–Trinajstić information content (AvgIpc) is 3.41. The summed E-state index contributed by atoms with van der Waals surface area (Å²) in [6, 6.07) is 7.17. The number of carbonyl (C=O) groups is 4. The second kappa shape index (κ2) is 14.6. The molecule has 0 unspecified atom stereocenters. The first-order chi connectivity index (χ1) is 14.4. The molecular formula is C20H26N2O8. The molecule has 3 rings (SSSR count). The number of nitrogens with two attached hydrogens (primary N) is 1. The van der Waals surface area contributed by atoms with E-state index in [4.69, 9.17) is 19.7 Å². The number of carboxylic acids is 1. The zero-order valence-electron chi connectivity index (χ0n) is 16.5. The van der Waals surface area contributed by atoms with Crippen molar-refractivity contribution in [1.29, 1.82) is 0 Å². The van der Waals surface area contributed by atoms with Gasteiger partial charge in [-0.1, -0.05) is 0 Å². The zero-order valence-corrected chi connectivity index (χ0v) is 16.5. The first-order valence-corrected chi connectivity index (χ1v) is 9.37. The molecule has 10 heteroatoms. The number of nitrogens with one attached hydrogen (secondary N) is 1. The Hall–Kier alpha value is -3.40. The van der Waals surface area contributed by atoms with E-state index in [2.05, 4.69) is 10.1 Å². The minimum Gasteiger partial charge on any atom is -0.481 e. The summed E-state index contributed by atoms with van der Waals surface area (Å²) in [5.41, 5.74) is 5.20. The van der Waals surface area contributed by atoms with E-state index in [1.165, 1.54) is 6.26 Å². The van der Waals surface area contributed by atoms with Gasteiger partial charge in [0.05, 0.1) is 25.6 Å². The van der Waals surface area contributed by atoms with Crippen molar-refractivity contribution in [3.8, 4) is 0 Å². The zero-order chi connectivity index (χ0) is 22.2. The summed E-state index contributed by atoms with van der Waals surface area (Å²) >= 11 is 0. The maximum atomic E-state index is 11.2. The van der Waals surface area contributed by atoms with Crippen LogP contribution in [0, 0.1) is 0 Å². The lowest BCUT2D eigenvalue weighted by Crippen LogP contribution is -2.22. The normalized spacial score (nSPS) is 12.6. The second-order valence-corrected chi connectivity index (χ2v) is 6.09. The van der Waals surface area contributed by atoms with Gasteiger partial charge in [-0.3, -0.25) is 19.2 Å². The van der Waals surface area contributed by atoms with Gasteiger partial charge >= 0.3 is 17.9 Å². The van der Waals surface area contributed by atoms with Crippen LogP contribution < -0.4 is 11.1 Å². The Balaban J connectivity index is 0.000000250. The molecule has 0 radical (unpaired) electrons. The number of cyclic esters (lactones) is 2. The third-order valence-electron chi connectivity index (χ3n) is 3.61. The summed E-state index contributed by atoms with van der Waals surface area (Å²) in [6.45, 7) is 0.839. The first kappa shape index (κ1) is 24.6. The number of ether oxygens (including phenoxy) is 1. The molecule has 0 spiro atoms. The van der Waals surface area contributed by atoms with Crippen LogP contribution in [0.5, 0.6) is 0 Å². The summed E-state index contributed by atoms with van der Waals surface area (Å²) in [4.78, 5) is 41.8. The molecule has 164 valence electrons. The Kier molecular flexibility index (Phi) is 12.0. The van der Waals surface area contributed by atoms with Gasteiger partial charge in [0, 0.05) is 25.7 Å². The van der Waals surface area contributed by atoms with Gasteiger partial charge in [-0.15, -0.1) is 0 Å². The van der Waals surface area contributed by atoms with Gasteiger partial charge in [-0.25, -0.2) is 0 Å². The van der Waals surface area contributed by atoms with Gasteiger partial charge in [0.1, 0.15) is 11.5 Å². The van der Waals surface area contributed by atoms with Crippen LogP contribution in [0.15, 0.2) is 45.6 Å². The predicted octanol–water partition coefficient (Wildman–Crippen LogP) is 2.13. The Bertz CT molecular complexity index is 755. The summed E-state index contributed by atoms with van der Waals surface area (Å²) in [5, 5.41) is 11.0. The monoisotopic (exact) mass is 422 g/mol. The van der Waals surface area contributed by atoms with Crippen molar-refractivity contribution in [1.82, 2.24) is 5.32 Å². The maximum absolute atomic E-state index is 11.2.